The van der Waals surface area contributed by atoms with Crippen LogP contribution in [0.15, 0.2) is 79.0 Å². The van der Waals surface area contributed by atoms with Gasteiger partial charge in [-0.1, -0.05) is 67.6 Å². The fourth-order valence-electron chi connectivity index (χ4n) is 4.71. The SMILES string of the molecule is CCOC(=O)c1ccccc1[C@H](C)[C@]1(C#N)c2ccccc2C=CN1C(=O)c1ccccc1C. The number of amides is 1. The van der Waals surface area contributed by atoms with Crippen molar-refractivity contribution in [2.45, 2.75) is 32.2 Å². The Labute approximate surface area is 199 Å². The van der Waals surface area contributed by atoms with Crippen molar-refractivity contribution in [3.63, 3.8) is 0 Å². The van der Waals surface area contributed by atoms with E-state index in [9.17, 15) is 14.9 Å². The van der Waals surface area contributed by atoms with Crippen molar-refractivity contribution in [1.82, 2.24) is 4.90 Å². The zero-order chi connectivity index (χ0) is 24.3. The van der Waals surface area contributed by atoms with Gasteiger partial charge in [0.15, 0.2) is 5.54 Å². The zero-order valence-corrected chi connectivity index (χ0v) is 19.5. The molecule has 4 rings (SSSR count). The standard InChI is InChI=1S/C29H26N2O3/c1-4-34-28(33)25-15-9-8-14-24(25)21(3)29(19-30)26-16-10-6-12-22(26)17-18-31(29)27(32)23-13-7-5-11-20(23)2/h5-18,21H,4H2,1-3H3/t21-,29+/m0/s1. The maximum Gasteiger partial charge on any atom is 0.338 e. The molecule has 0 unspecified atom stereocenters. The van der Waals surface area contributed by atoms with Gasteiger partial charge in [-0.25, -0.2) is 4.79 Å². The molecule has 0 aliphatic carbocycles. The first-order chi connectivity index (χ1) is 16.5. The summed E-state index contributed by atoms with van der Waals surface area (Å²) < 4.78 is 5.29. The summed E-state index contributed by atoms with van der Waals surface area (Å²) in [4.78, 5) is 28.2. The van der Waals surface area contributed by atoms with E-state index in [-0.39, 0.29) is 12.5 Å². The molecule has 1 amide bonds. The highest BCUT2D eigenvalue weighted by Crippen LogP contribution is 2.47. The molecule has 0 radical (unpaired) electrons. The first-order valence-corrected chi connectivity index (χ1v) is 11.3. The van der Waals surface area contributed by atoms with Crippen LogP contribution < -0.4 is 0 Å². The van der Waals surface area contributed by atoms with Crippen LogP contribution in [0, 0.1) is 18.3 Å². The molecule has 1 aliphatic rings. The largest absolute Gasteiger partial charge is 0.462 e. The number of rotatable bonds is 5. The van der Waals surface area contributed by atoms with E-state index >= 15 is 0 Å². The van der Waals surface area contributed by atoms with Gasteiger partial charge in [0.25, 0.3) is 5.91 Å². The molecular formula is C29H26N2O3. The second-order valence-electron chi connectivity index (χ2n) is 8.30. The van der Waals surface area contributed by atoms with Gasteiger partial charge < -0.3 is 4.74 Å². The summed E-state index contributed by atoms with van der Waals surface area (Å²) in [5.74, 6) is -1.27. The van der Waals surface area contributed by atoms with Crippen LogP contribution in [-0.4, -0.2) is 23.4 Å². The lowest BCUT2D eigenvalue weighted by atomic mass is 9.71. The molecule has 0 spiro atoms. The number of esters is 1. The molecule has 0 fully saturated rings. The van der Waals surface area contributed by atoms with Crippen molar-refractivity contribution >= 4 is 18.0 Å². The Kier molecular flexibility index (Phi) is 6.34. The van der Waals surface area contributed by atoms with Crippen molar-refractivity contribution in [2.75, 3.05) is 6.61 Å². The molecule has 0 saturated heterocycles. The minimum absolute atomic E-state index is 0.244. The molecule has 5 heteroatoms. The third kappa shape index (κ3) is 3.68. The molecule has 3 aromatic rings. The molecule has 5 nitrogen and oxygen atoms in total. The summed E-state index contributed by atoms with van der Waals surface area (Å²) in [6.45, 7) is 5.76. The van der Waals surface area contributed by atoms with E-state index in [1.165, 1.54) is 4.90 Å². The Hall–Kier alpha value is -4.17. The minimum Gasteiger partial charge on any atom is -0.462 e. The number of carbonyl (C=O) groups is 2. The average molecular weight is 451 g/mol. The number of hydrogen-bond acceptors (Lipinski definition) is 4. The van der Waals surface area contributed by atoms with Crippen molar-refractivity contribution < 1.29 is 14.3 Å². The van der Waals surface area contributed by atoms with Crippen LogP contribution in [0.5, 0.6) is 0 Å². The van der Waals surface area contributed by atoms with Gasteiger partial charge in [-0.15, -0.1) is 0 Å². The van der Waals surface area contributed by atoms with E-state index in [0.29, 0.717) is 22.3 Å². The van der Waals surface area contributed by atoms with Crippen LogP contribution >= 0.6 is 0 Å². The first-order valence-electron chi connectivity index (χ1n) is 11.3. The van der Waals surface area contributed by atoms with E-state index in [1.807, 2.05) is 74.5 Å². The molecule has 170 valence electrons. The van der Waals surface area contributed by atoms with Crippen LogP contribution in [0.3, 0.4) is 0 Å². The van der Waals surface area contributed by atoms with Gasteiger partial charge in [-0.3, -0.25) is 9.69 Å². The Morgan fingerprint density at radius 1 is 1.00 bits per heavy atom. The molecule has 2 atom stereocenters. The van der Waals surface area contributed by atoms with Crippen LogP contribution in [0.1, 0.15) is 62.7 Å². The molecule has 0 bridgehead atoms. The van der Waals surface area contributed by atoms with E-state index in [2.05, 4.69) is 6.07 Å². The Morgan fingerprint density at radius 3 is 2.35 bits per heavy atom. The monoisotopic (exact) mass is 450 g/mol. The molecule has 0 aromatic heterocycles. The Bertz CT molecular complexity index is 1320. The van der Waals surface area contributed by atoms with E-state index in [4.69, 9.17) is 4.74 Å². The fourth-order valence-corrected chi connectivity index (χ4v) is 4.71. The Balaban J connectivity index is 1.95. The average Bonchev–Trinajstić information content (AvgIpc) is 2.87. The van der Waals surface area contributed by atoms with Gasteiger partial charge >= 0.3 is 5.97 Å². The normalized spacial score (nSPS) is 17.4. The van der Waals surface area contributed by atoms with Gasteiger partial charge in [0.2, 0.25) is 0 Å². The highest BCUT2D eigenvalue weighted by molar-refractivity contribution is 5.98. The molecule has 0 N–H and O–H groups in total. The van der Waals surface area contributed by atoms with E-state index < -0.39 is 17.4 Å². The van der Waals surface area contributed by atoms with Crippen LogP contribution in [0.4, 0.5) is 0 Å². The quantitative estimate of drug-likeness (QED) is 0.459. The number of nitrogens with zero attached hydrogens (tertiary/aromatic N) is 2. The van der Waals surface area contributed by atoms with Crippen molar-refractivity contribution in [1.29, 1.82) is 5.26 Å². The lowest BCUT2D eigenvalue weighted by Gasteiger charge is -2.44. The number of aryl methyl sites for hydroxylation is 1. The van der Waals surface area contributed by atoms with E-state index in [0.717, 1.165) is 11.1 Å². The molecule has 1 aliphatic heterocycles. The summed E-state index contributed by atoms with van der Waals surface area (Å²) in [5.41, 5.74) is 2.58. The van der Waals surface area contributed by atoms with Gasteiger partial charge in [-0.05, 0) is 48.7 Å². The molecule has 1 heterocycles. The number of fused-ring (bicyclic) bond motifs is 1. The molecule has 34 heavy (non-hydrogen) atoms. The highest BCUT2D eigenvalue weighted by Gasteiger charge is 2.50. The van der Waals surface area contributed by atoms with Crippen molar-refractivity contribution in [3.05, 3.63) is 112 Å². The number of nitriles is 1. The molecular weight excluding hydrogens is 424 g/mol. The highest BCUT2D eigenvalue weighted by atomic mass is 16.5. The van der Waals surface area contributed by atoms with Gasteiger partial charge in [-0.2, -0.15) is 5.26 Å². The van der Waals surface area contributed by atoms with Crippen molar-refractivity contribution in [2.24, 2.45) is 0 Å². The first kappa shape index (κ1) is 23.0. The summed E-state index contributed by atoms with van der Waals surface area (Å²) in [5, 5.41) is 10.8. The smallest absolute Gasteiger partial charge is 0.338 e. The summed E-state index contributed by atoms with van der Waals surface area (Å²) in [6.07, 6.45) is 3.54. The maximum atomic E-state index is 13.9. The summed E-state index contributed by atoms with van der Waals surface area (Å²) >= 11 is 0. The van der Waals surface area contributed by atoms with Gasteiger partial charge in [0, 0.05) is 23.2 Å². The van der Waals surface area contributed by atoms with Gasteiger partial charge in [0.05, 0.1) is 18.2 Å². The molecule has 0 saturated carbocycles. The van der Waals surface area contributed by atoms with Crippen LogP contribution in [0.25, 0.3) is 6.08 Å². The van der Waals surface area contributed by atoms with Crippen molar-refractivity contribution in [3.8, 4) is 6.07 Å². The van der Waals surface area contributed by atoms with Crippen LogP contribution in [-0.2, 0) is 10.3 Å². The Morgan fingerprint density at radius 2 is 1.65 bits per heavy atom. The predicted octanol–water partition coefficient (Wildman–Crippen LogP) is 5.82. The number of carbonyl (C=O) groups excluding carboxylic acids is 2. The minimum atomic E-state index is -1.38. The second kappa shape index (κ2) is 9.36. The lowest BCUT2D eigenvalue weighted by molar-refractivity contribution is 0.0522. The van der Waals surface area contributed by atoms with Crippen LogP contribution in [0.2, 0.25) is 0 Å². The number of hydrogen-bond donors (Lipinski definition) is 0. The lowest BCUT2D eigenvalue weighted by Crippen LogP contribution is -2.51. The third-order valence-electron chi connectivity index (χ3n) is 6.47. The zero-order valence-electron chi connectivity index (χ0n) is 19.5. The molecule has 3 aromatic carbocycles. The fraction of sp³-hybridized carbons (Fsp3) is 0.207. The summed E-state index contributed by atoms with van der Waals surface area (Å²) in [7, 11) is 0. The number of ether oxygens (including phenoxy) is 1. The number of benzene rings is 3. The maximum absolute atomic E-state index is 13.9. The predicted molar refractivity (Wildman–Crippen MR) is 131 cm³/mol. The summed E-state index contributed by atoms with van der Waals surface area (Å²) in [6, 6.07) is 24.5. The van der Waals surface area contributed by atoms with Gasteiger partial charge in [0.1, 0.15) is 0 Å². The second-order valence-corrected chi connectivity index (χ2v) is 8.30. The topological polar surface area (TPSA) is 70.4 Å². The van der Waals surface area contributed by atoms with E-state index in [1.54, 1.807) is 31.3 Å². The third-order valence-corrected chi connectivity index (χ3v) is 6.47.